The second-order valence-electron chi connectivity index (χ2n) is 5.91. The highest BCUT2D eigenvalue weighted by molar-refractivity contribution is 5.77. The maximum Gasteiger partial charge on any atom is 0.331 e. The molecular weight excluding hydrogens is 336 g/mol. The predicted molar refractivity (Wildman–Crippen MR) is 97.9 cm³/mol. The van der Waals surface area contributed by atoms with Gasteiger partial charge in [0.05, 0.1) is 24.6 Å². The van der Waals surface area contributed by atoms with E-state index in [1.807, 2.05) is 0 Å². The van der Waals surface area contributed by atoms with Crippen LogP contribution in [0.3, 0.4) is 0 Å². The standard InChI is InChI=1S/C19H20N2O5/c1-20-18(23)16-5-3-4-6-17(16)21(19(20)24)11-13(22)12-26-15-9-7-14(25-2)8-10-15/h3-10,13,22H,11-12H2,1-2H3. The number of methoxy groups -OCH3 is 1. The lowest BCUT2D eigenvalue weighted by molar-refractivity contribution is 0.0920. The molecule has 1 atom stereocenters. The van der Waals surface area contributed by atoms with E-state index in [1.54, 1.807) is 55.6 Å². The van der Waals surface area contributed by atoms with Gasteiger partial charge in [0.25, 0.3) is 5.56 Å². The summed E-state index contributed by atoms with van der Waals surface area (Å²) in [7, 11) is 3.00. The number of aromatic nitrogens is 2. The second kappa shape index (κ2) is 7.45. The highest BCUT2D eigenvalue weighted by Crippen LogP contribution is 2.17. The van der Waals surface area contributed by atoms with Crippen LogP contribution in [0.4, 0.5) is 0 Å². The molecule has 0 amide bonds. The first-order valence-electron chi connectivity index (χ1n) is 8.14. The highest BCUT2D eigenvalue weighted by Gasteiger charge is 2.14. The van der Waals surface area contributed by atoms with Gasteiger partial charge < -0.3 is 14.6 Å². The molecule has 0 saturated heterocycles. The first-order chi connectivity index (χ1) is 12.5. The molecule has 0 fully saturated rings. The van der Waals surface area contributed by atoms with Crippen LogP contribution in [0.15, 0.2) is 58.1 Å². The van der Waals surface area contributed by atoms with E-state index in [0.29, 0.717) is 22.4 Å². The smallest absolute Gasteiger partial charge is 0.331 e. The molecule has 26 heavy (non-hydrogen) atoms. The van der Waals surface area contributed by atoms with Gasteiger partial charge in [-0.15, -0.1) is 0 Å². The van der Waals surface area contributed by atoms with Crippen molar-refractivity contribution in [3.63, 3.8) is 0 Å². The Balaban J connectivity index is 1.80. The van der Waals surface area contributed by atoms with Gasteiger partial charge in [-0.1, -0.05) is 12.1 Å². The van der Waals surface area contributed by atoms with E-state index in [1.165, 1.54) is 11.6 Å². The Labute approximate surface area is 149 Å². The monoisotopic (exact) mass is 356 g/mol. The maximum absolute atomic E-state index is 12.4. The maximum atomic E-state index is 12.4. The minimum atomic E-state index is -0.921. The molecule has 0 saturated carbocycles. The van der Waals surface area contributed by atoms with E-state index in [0.717, 1.165) is 4.57 Å². The molecule has 7 nitrogen and oxygen atoms in total. The largest absolute Gasteiger partial charge is 0.497 e. The average Bonchev–Trinajstić information content (AvgIpc) is 2.68. The van der Waals surface area contributed by atoms with E-state index in [2.05, 4.69) is 0 Å². The van der Waals surface area contributed by atoms with Crippen LogP contribution in [-0.4, -0.2) is 34.1 Å². The normalized spacial score (nSPS) is 12.1. The van der Waals surface area contributed by atoms with Crippen LogP contribution in [0.25, 0.3) is 10.9 Å². The number of aliphatic hydroxyl groups excluding tert-OH is 1. The fourth-order valence-electron chi connectivity index (χ4n) is 2.75. The van der Waals surface area contributed by atoms with Crippen molar-refractivity contribution < 1.29 is 14.6 Å². The van der Waals surface area contributed by atoms with E-state index in [-0.39, 0.29) is 18.7 Å². The molecular formula is C19H20N2O5. The van der Waals surface area contributed by atoms with Crippen LogP contribution >= 0.6 is 0 Å². The molecule has 1 N–H and O–H groups in total. The molecule has 2 aromatic carbocycles. The average molecular weight is 356 g/mol. The minimum Gasteiger partial charge on any atom is -0.497 e. The first-order valence-corrected chi connectivity index (χ1v) is 8.14. The number of rotatable bonds is 6. The van der Waals surface area contributed by atoms with E-state index in [9.17, 15) is 14.7 Å². The number of hydrogen-bond acceptors (Lipinski definition) is 5. The Hall–Kier alpha value is -3.06. The number of hydrogen-bond donors (Lipinski definition) is 1. The Kier molecular flexibility index (Phi) is 5.09. The van der Waals surface area contributed by atoms with Crippen molar-refractivity contribution in [2.75, 3.05) is 13.7 Å². The summed E-state index contributed by atoms with van der Waals surface area (Å²) in [4.78, 5) is 24.6. The molecule has 0 bridgehead atoms. The number of ether oxygens (including phenoxy) is 2. The molecule has 3 rings (SSSR count). The van der Waals surface area contributed by atoms with Gasteiger partial charge in [0.2, 0.25) is 0 Å². The molecule has 7 heteroatoms. The fraction of sp³-hybridized carbons (Fsp3) is 0.263. The number of para-hydroxylation sites is 1. The van der Waals surface area contributed by atoms with Gasteiger partial charge in [-0.05, 0) is 36.4 Å². The molecule has 1 aromatic heterocycles. The molecule has 0 spiro atoms. The summed E-state index contributed by atoms with van der Waals surface area (Å²) in [6.45, 7) is 0.0273. The molecule has 0 aliphatic carbocycles. The lowest BCUT2D eigenvalue weighted by atomic mass is 10.2. The Morgan fingerprint density at radius 1 is 1.04 bits per heavy atom. The Bertz CT molecular complexity index is 1020. The van der Waals surface area contributed by atoms with Gasteiger partial charge in [0.1, 0.15) is 24.2 Å². The van der Waals surface area contributed by atoms with Gasteiger partial charge in [0.15, 0.2) is 0 Å². The lowest BCUT2D eigenvalue weighted by Gasteiger charge is -2.16. The number of benzene rings is 2. The highest BCUT2D eigenvalue weighted by atomic mass is 16.5. The molecule has 3 aromatic rings. The zero-order valence-corrected chi connectivity index (χ0v) is 14.6. The summed E-state index contributed by atoms with van der Waals surface area (Å²) >= 11 is 0. The first kappa shape index (κ1) is 17.8. The SMILES string of the molecule is COc1ccc(OCC(O)Cn2c(=O)n(C)c(=O)c3ccccc32)cc1. The van der Waals surface area contributed by atoms with Crippen LogP contribution in [-0.2, 0) is 13.6 Å². The molecule has 0 radical (unpaired) electrons. The zero-order valence-electron chi connectivity index (χ0n) is 14.6. The van der Waals surface area contributed by atoms with Crippen LogP contribution in [0.2, 0.25) is 0 Å². The third kappa shape index (κ3) is 3.48. The van der Waals surface area contributed by atoms with Crippen molar-refractivity contribution in [2.45, 2.75) is 12.6 Å². The number of nitrogens with zero attached hydrogens (tertiary/aromatic N) is 2. The van der Waals surface area contributed by atoms with E-state index >= 15 is 0 Å². The summed E-state index contributed by atoms with van der Waals surface area (Å²) in [5, 5.41) is 10.7. The van der Waals surface area contributed by atoms with E-state index < -0.39 is 11.8 Å². The molecule has 1 unspecified atom stereocenters. The van der Waals surface area contributed by atoms with Crippen LogP contribution in [0.5, 0.6) is 11.5 Å². The quantitative estimate of drug-likeness (QED) is 0.716. The van der Waals surface area contributed by atoms with Gasteiger partial charge in [-0.25, -0.2) is 4.79 Å². The van der Waals surface area contributed by atoms with Crippen molar-refractivity contribution in [1.82, 2.24) is 9.13 Å². The van der Waals surface area contributed by atoms with Gasteiger partial charge in [-0.3, -0.25) is 13.9 Å². The third-order valence-corrected chi connectivity index (χ3v) is 4.14. The van der Waals surface area contributed by atoms with Gasteiger partial charge in [0, 0.05) is 7.05 Å². The van der Waals surface area contributed by atoms with Crippen molar-refractivity contribution in [2.24, 2.45) is 7.05 Å². The van der Waals surface area contributed by atoms with Crippen LogP contribution in [0.1, 0.15) is 0 Å². The predicted octanol–water partition coefficient (Wildman–Crippen LogP) is 1.15. The molecule has 0 aliphatic rings. The number of aliphatic hydroxyl groups is 1. The zero-order chi connectivity index (χ0) is 18.7. The van der Waals surface area contributed by atoms with Gasteiger partial charge >= 0.3 is 5.69 Å². The van der Waals surface area contributed by atoms with Crippen LogP contribution < -0.4 is 20.7 Å². The molecule has 136 valence electrons. The summed E-state index contributed by atoms with van der Waals surface area (Å²) < 4.78 is 13.1. The van der Waals surface area contributed by atoms with Crippen molar-refractivity contribution in [1.29, 1.82) is 0 Å². The van der Waals surface area contributed by atoms with Crippen LogP contribution in [0, 0.1) is 0 Å². The Morgan fingerprint density at radius 3 is 2.38 bits per heavy atom. The number of fused-ring (bicyclic) bond motifs is 1. The summed E-state index contributed by atoms with van der Waals surface area (Å²) in [6, 6.07) is 13.8. The van der Waals surface area contributed by atoms with Crippen molar-refractivity contribution in [3.05, 3.63) is 69.4 Å². The fourth-order valence-corrected chi connectivity index (χ4v) is 2.75. The minimum absolute atomic E-state index is 0.00986. The molecule has 1 heterocycles. The second-order valence-corrected chi connectivity index (χ2v) is 5.91. The van der Waals surface area contributed by atoms with Gasteiger partial charge in [-0.2, -0.15) is 0 Å². The summed E-state index contributed by atoms with van der Waals surface area (Å²) in [5.74, 6) is 1.30. The van der Waals surface area contributed by atoms with Crippen molar-refractivity contribution in [3.8, 4) is 11.5 Å². The molecule has 0 aliphatic heterocycles. The van der Waals surface area contributed by atoms with Crippen molar-refractivity contribution >= 4 is 10.9 Å². The third-order valence-electron chi connectivity index (χ3n) is 4.14. The Morgan fingerprint density at radius 2 is 1.69 bits per heavy atom. The topological polar surface area (TPSA) is 82.7 Å². The lowest BCUT2D eigenvalue weighted by Crippen LogP contribution is -2.40. The summed E-state index contributed by atoms with van der Waals surface area (Å²) in [5.41, 5.74) is -0.341. The van der Waals surface area contributed by atoms with E-state index in [4.69, 9.17) is 9.47 Å². The summed E-state index contributed by atoms with van der Waals surface area (Å²) in [6.07, 6.45) is -0.921.